The molecule has 1 amide bonds. The van der Waals surface area contributed by atoms with Crippen molar-refractivity contribution in [3.63, 3.8) is 0 Å². The Morgan fingerprint density at radius 1 is 1.00 bits per heavy atom. The van der Waals surface area contributed by atoms with E-state index >= 15 is 0 Å². The van der Waals surface area contributed by atoms with Crippen LogP contribution in [0.3, 0.4) is 0 Å². The lowest BCUT2D eigenvalue weighted by Gasteiger charge is -2.46. The number of carboxylic acids is 1. The molecule has 3 heterocycles. The smallest absolute Gasteiger partial charge is 0.433 e. The van der Waals surface area contributed by atoms with E-state index in [1.54, 1.807) is 6.92 Å². The van der Waals surface area contributed by atoms with Gasteiger partial charge in [0.2, 0.25) is 0 Å². The Labute approximate surface area is 295 Å². The van der Waals surface area contributed by atoms with Crippen LogP contribution >= 0.6 is 0 Å². The van der Waals surface area contributed by atoms with E-state index in [2.05, 4.69) is 15.0 Å². The summed E-state index contributed by atoms with van der Waals surface area (Å²) in [6, 6.07) is 4.35. The lowest BCUT2D eigenvalue weighted by molar-refractivity contribution is -0.143. The van der Waals surface area contributed by atoms with Crippen LogP contribution in [0.15, 0.2) is 36.5 Å². The van der Waals surface area contributed by atoms with Gasteiger partial charge < -0.3 is 20.3 Å². The minimum atomic E-state index is -5.16. The van der Waals surface area contributed by atoms with E-state index in [4.69, 9.17) is 25.6 Å². The highest BCUT2D eigenvalue weighted by molar-refractivity contribution is 5.91. The molecule has 2 aromatic heterocycles. The highest BCUT2D eigenvalue weighted by Crippen LogP contribution is 2.46. The Bertz CT molecular complexity index is 1830. The third-order valence-electron chi connectivity index (χ3n) is 8.19. The minimum Gasteiger partial charge on any atom is -0.490 e. The zero-order valence-electron chi connectivity index (χ0n) is 27.7. The van der Waals surface area contributed by atoms with Crippen molar-refractivity contribution in [1.29, 1.82) is 5.26 Å². The summed E-state index contributed by atoms with van der Waals surface area (Å²) in [5.74, 6) is -2.97. The van der Waals surface area contributed by atoms with E-state index in [0.717, 1.165) is 17.2 Å². The van der Waals surface area contributed by atoms with Crippen LogP contribution in [0.2, 0.25) is 0 Å². The predicted octanol–water partition coefficient (Wildman–Crippen LogP) is 7.61. The van der Waals surface area contributed by atoms with Crippen LogP contribution in [-0.4, -0.2) is 51.0 Å². The number of aliphatic carboxylic acids is 1. The van der Waals surface area contributed by atoms with Crippen LogP contribution in [0.5, 0.6) is 5.75 Å². The summed E-state index contributed by atoms with van der Waals surface area (Å²) in [4.78, 5) is 37.5. The van der Waals surface area contributed by atoms with Crippen LogP contribution in [0.1, 0.15) is 91.0 Å². The van der Waals surface area contributed by atoms with E-state index in [-0.39, 0.29) is 74.3 Å². The Morgan fingerprint density at radius 3 is 2.23 bits per heavy atom. The van der Waals surface area contributed by atoms with Gasteiger partial charge in [-0.15, -0.1) is 0 Å². The number of unbranched alkanes of at least 4 members (excludes halogenated alkanes) is 1. The van der Waals surface area contributed by atoms with E-state index in [9.17, 15) is 49.1 Å². The van der Waals surface area contributed by atoms with Crippen molar-refractivity contribution < 1.29 is 63.7 Å². The second-order valence-corrected chi connectivity index (χ2v) is 12.0. The minimum absolute atomic E-state index is 0.0361. The number of ether oxygens (including phenoxy) is 2. The number of nitrogens with zero attached hydrogens (tertiary/aromatic N) is 5. The second kappa shape index (κ2) is 15.8. The maximum atomic E-state index is 13.9. The van der Waals surface area contributed by atoms with Crippen LogP contribution in [0.25, 0.3) is 0 Å². The standard InChI is InChI=1S/C33H31F9N6O5/c1-2-30(44)16-21(27-23(7-8-25(47-27)33(40,41)42)48(30)29(51)53-11-5-6-26(49)50)28-45-17-24(52-10-4-3-9-43)22(46-28)14-18-12-19(31(34,35)36)15-20(13-18)32(37,38)39/h7-8,12-13,15,17,21H,2-6,10-11,14,16,44H2,1H3,(H,49,50)/t21-,30+/m0/s1. The van der Waals surface area contributed by atoms with Gasteiger partial charge in [-0.2, -0.15) is 44.8 Å². The zero-order valence-corrected chi connectivity index (χ0v) is 27.7. The van der Waals surface area contributed by atoms with Crippen LogP contribution in [0, 0.1) is 11.3 Å². The largest absolute Gasteiger partial charge is 0.490 e. The molecule has 1 aliphatic rings. The first-order valence-electron chi connectivity index (χ1n) is 15.9. The second-order valence-electron chi connectivity index (χ2n) is 12.0. The third-order valence-corrected chi connectivity index (χ3v) is 8.19. The van der Waals surface area contributed by atoms with E-state index in [1.807, 2.05) is 6.07 Å². The number of amides is 1. The van der Waals surface area contributed by atoms with Crippen molar-refractivity contribution in [3.8, 4) is 11.8 Å². The molecule has 0 bridgehead atoms. The Kier molecular flexibility index (Phi) is 12.1. The number of rotatable bonds is 12. The number of pyridine rings is 1. The highest BCUT2D eigenvalue weighted by Gasteiger charge is 2.48. The summed E-state index contributed by atoms with van der Waals surface area (Å²) in [5.41, 5.74) is -0.955. The number of carbonyl (C=O) groups is 2. The first kappa shape index (κ1) is 40.6. The van der Waals surface area contributed by atoms with E-state index in [1.165, 1.54) is 0 Å². The first-order chi connectivity index (χ1) is 24.7. The molecule has 0 spiro atoms. The van der Waals surface area contributed by atoms with Crippen molar-refractivity contribution in [1.82, 2.24) is 15.0 Å². The molecule has 1 aliphatic heterocycles. The van der Waals surface area contributed by atoms with Gasteiger partial charge in [0.05, 0.1) is 59.6 Å². The average molecular weight is 763 g/mol. The molecule has 53 heavy (non-hydrogen) atoms. The molecular weight excluding hydrogens is 731 g/mol. The van der Waals surface area contributed by atoms with Crippen molar-refractivity contribution in [3.05, 3.63) is 76.1 Å². The molecule has 1 aromatic carbocycles. The van der Waals surface area contributed by atoms with E-state index in [0.29, 0.717) is 18.2 Å². The number of anilines is 1. The molecule has 11 nitrogen and oxygen atoms in total. The summed E-state index contributed by atoms with van der Waals surface area (Å²) in [7, 11) is 0. The zero-order chi connectivity index (χ0) is 39.4. The highest BCUT2D eigenvalue weighted by atomic mass is 19.4. The molecule has 0 unspecified atom stereocenters. The molecule has 0 saturated heterocycles. The summed E-state index contributed by atoms with van der Waals surface area (Å²) in [6.45, 7) is 1.05. The summed E-state index contributed by atoms with van der Waals surface area (Å²) in [6.07, 6.45) is -16.7. The Hall–Kier alpha value is -5.19. The molecule has 0 fully saturated rings. The normalized spacial score (nSPS) is 17.5. The Balaban J connectivity index is 1.87. The molecule has 4 rings (SSSR count). The number of aromatic nitrogens is 3. The molecule has 3 aromatic rings. The molecule has 20 heteroatoms. The molecule has 286 valence electrons. The van der Waals surface area contributed by atoms with Gasteiger partial charge in [0.25, 0.3) is 0 Å². The van der Waals surface area contributed by atoms with Crippen molar-refractivity contribution in [2.24, 2.45) is 5.73 Å². The lowest BCUT2D eigenvalue weighted by atomic mass is 9.83. The van der Waals surface area contributed by atoms with Gasteiger partial charge in [-0.25, -0.2) is 19.7 Å². The number of hydrogen-bond acceptors (Lipinski definition) is 9. The quantitative estimate of drug-likeness (QED) is 0.139. The molecule has 2 atom stereocenters. The number of hydrogen-bond donors (Lipinski definition) is 2. The third kappa shape index (κ3) is 9.82. The topological polar surface area (TPSA) is 165 Å². The van der Waals surface area contributed by atoms with Crippen molar-refractivity contribution in [2.45, 2.75) is 82.0 Å². The lowest BCUT2D eigenvalue weighted by Crippen LogP contribution is -2.62. The Morgan fingerprint density at radius 2 is 1.66 bits per heavy atom. The van der Waals surface area contributed by atoms with Crippen molar-refractivity contribution in [2.75, 3.05) is 18.1 Å². The molecular formula is C33H31F9N6O5. The molecule has 0 radical (unpaired) electrons. The van der Waals surface area contributed by atoms with Gasteiger partial charge >= 0.3 is 30.6 Å². The molecule has 0 aliphatic carbocycles. The number of halogens is 9. The SMILES string of the molecule is CC[C@]1(N)C[C@H](c2ncc(OCCCC#N)c(Cc3cc(C(F)(F)F)cc(C(F)(F)F)c3)n2)c2nc(C(F)(F)F)ccc2N1C(=O)OCCCC(=O)O. The number of alkyl halides is 9. The maximum absolute atomic E-state index is 13.9. The fourth-order valence-corrected chi connectivity index (χ4v) is 5.58. The average Bonchev–Trinajstić information content (AvgIpc) is 3.07. The summed E-state index contributed by atoms with van der Waals surface area (Å²) < 4.78 is 135. The first-order valence-corrected chi connectivity index (χ1v) is 15.9. The fourth-order valence-electron chi connectivity index (χ4n) is 5.58. The monoisotopic (exact) mass is 762 g/mol. The number of carboxylic acid groups (broad SMARTS) is 1. The van der Waals surface area contributed by atoms with Gasteiger partial charge in [-0.1, -0.05) is 6.92 Å². The number of nitriles is 1. The summed E-state index contributed by atoms with van der Waals surface area (Å²) in [5, 5.41) is 17.7. The number of nitrogens with two attached hydrogens (primary N) is 1. The van der Waals surface area contributed by atoms with E-state index < -0.39 is 83.1 Å². The predicted molar refractivity (Wildman–Crippen MR) is 165 cm³/mol. The summed E-state index contributed by atoms with van der Waals surface area (Å²) >= 11 is 0. The molecule has 0 saturated carbocycles. The van der Waals surface area contributed by atoms with Crippen LogP contribution in [-0.2, 0) is 34.5 Å². The number of carbonyl (C=O) groups excluding carboxylic acids is 1. The van der Waals surface area contributed by atoms with Crippen LogP contribution < -0.4 is 15.4 Å². The van der Waals surface area contributed by atoms with Crippen LogP contribution in [0.4, 0.5) is 50.0 Å². The van der Waals surface area contributed by atoms with Gasteiger partial charge in [0, 0.05) is 19.3 Å². The molecule has 3 N–H and O–H groups in total. The van der Waals surface area contributed by atoms with Gasteiger partial charge in [-0.05, 0) is 61.6 Å². The fraction of sp³-hybridized carbons (Fsp3) is 0.455. The maximum Gasteiger partial charge on any atom is 0.433 e. The van der Waals surface area contributed by atoms with Gasteiger partial charge in [0.15, 0.2) is 5.75 Å². The van der Waals surface area contributed by atoms with Crippen molar-refractivity contribution >= 4 is 17.7 Å². The number of fused-ring (bicyclic) bond motifs is 1. The number of benzene rings is 1. The van der Waals surface area contributed by atoms with Gasteiger partial charge in [-0.3, -0.25) is 9.69 Å². The van der Waals surface area contributed by atoms with Gasteiger partial charge in [0.1, 0.15) is 17.2 Å².